The minimum atomic E-state index is 0.569. The van der Waals surface area contributed by atoms with Crippen LogP contribution in [0.1, 0.15) is 30.9 Å². The predicted molar refractivity (Wildman–Crippen MR) is 97.6 cm³/mol. The van der Waals surface area contributed by atoms with E-state index in [2.05, 4.69) is 25.3 Å². The number of aryl methyl sites for hydroxylation is 1. The van der Waals surface area contributed by atoms with Gasteiger partial charge in [-0.25, -0.2) is 4.99 Å². The van der Waals surface area contributed by atoms with Crippen LogP contribution in [-0.2, 0) is 18.3 Å². The Hall–Kier alpha value is -1.67. The SMILES string of the molecule is Cc1nnc(CN=C(NCCCN2CCOCC2)N2CCCC2)n1C. The molecule has 25 heavy (non-hydrogen) atoms. The molecule has 0 bridgehead atoms. The molecule has 3 heterocycles. The Morgan fingerprint density at radius 2 is 1.92 bits per heavy atom. The third kappa shape index (κ3) is 5.15. The topological polar surface area (TPSA) is 70.8 Å². The quantitative estimate of drug-likeness (QED) is 0.455. The third-order valence-corrected chi connectivity index (χ3v) is 5.00. The van der Waals surface area contributed by atoms with Crippen LogP contribution < -0.4 is 5.32 Å². The number of aliphatic imine (C=N–C) groups is 1. The molecule has 0 aromatic carbocycles. The molecule has 2 aliphatic rings. The van der Waals surface area contributed by atoms with Crippen molar-refractivity contribution in [3.63, 3.8) is 0 Å². The second-order valence-corrected chi connectivity index (χ2v) is 6.79. The van der Waals surface area contributed by atoms with Gasteiger partial charge in [-0.05, 0) is 32.7 Å². The van der Waals surface area contributed by atoms with Gasteiger partial charge in [0.2, 0.25) is 0 Å². The summed E-state index contributed by atoms with van der Waals surface area (Å²) in [5, 5.41) is 11.9. The number of likely N-dealkylation sites (tertiary alicyclic amines) is 1. The van der Waals surface area contributed by atoms with Crippen LogP contribution in [-0.4, -0.2) is 83.0 Å². The molecule has 0 amide bonds. The Morgan fingerprint density at radius 1 is 1.16 bits per heavy atom. The van der Waals surface area contributed by atoms with E-state index in [9.17, 15) is 0 Å². The number of hydrogen-bond donors (Lipinski definition) is 1. The van der Waals surface area contributed by atoms with Crippen molar-refractivity contribution >= 4 is 5.96 Å². The molecule has 0 unspecified atom stereocenters. The summed E-state index contributed by atoms with van der Waals surface area (Å²) in [5.74, 6) is 2.84. The Bertz CT molecular complexity index is 559. The summed E-state index contributed by atoms with van der Waals surface area (Å²) >= 11 is 0. The van der Waals surface area contributed by atoms with Crippen molar-refractivity contribution < 1.29 is 4.74 Å². The third-order valence-electron chi connectivity index (χ3n) is 5.00. The Balaban J connectivity index is 1.50. The van der Waals surface area contributed by atoms with Gasteiger partial charge in [-0.2, -0.15) is 0 Å². The number of rotatable bonds is 6. The minimum absolute atomic E-state index is 0.569. The first-order chi connectivity index (χ1) is 12.2. The molecule has 2 aliphatic heterocycles. The highest BCUT2D eigenvalue weighted by atomic mass is 16.5. The molecule has 0 saturated carbocycles. The Kier molecular flexibility index (Phi) is 6.63. The number of hydrogen-bond acceptors (Lipinski definition) is 5. The summed E-state index contributed by atoms with van der Waals surface area (Å²) in [6, 6.07) is 0. The molecule has 1 aromatic rings. The molecule has 3 rings (SSSR count). The molecule has 1 N–H and O–H groups in total. The van der Waals surface area contributed by atoms with E-state index < -0.39 is 0 Å². The van der Waals surface area contributed by atoms with Crippen molar-refractivity contribution in [2.45, 2.75) is 32.7 Å². The second-order valence-electron chi connectivity index (χ2n) is 6.79. The fourth-order valence-corrected chi connectivity index (χ4v) is 3.26. The lowest BCUT2D eigenvalue weighted by molar-refractivity contribution is 0.0375. The molecule has 1 aromatic heterocycles. The van der Waals surface area contributed by atoms with Gasteiger partial charge in [0.25, 0.3) is 0 Å². The first-order valence-corrected chi connectivity index (χ1v) is 9.42. The van der Waals surface area contributed by atoms with Crippen molar-refractivity contribution in [3.8, 4) is 0 Å². The van der Waals surface area contributed by atoms with Crippen LogP contribution in [0.2, 0.25) is 0 Å². The number of aromatic nitrogens is 3. The highest BCUT2D eigenvalue weighted by molar-refractivity contribution is 5.80. The highest BCUT2D eigenvalue weighted by Crippen LogP contribution is 2.09. The first-order valence-electron chi connectivity index (χ1n) is 9.42. The second kappa shape index (κ2) is 9.15. The van der Waals surface area contributed by atoms with Gasteiger partial charge in [0.1, 0.15) is 12.4 Å². The van der Waals surface area contributed by atoms with Gasteiger partial charge in [0.05, 0.1) is 13.2 Å². The van der Waals surface area contributed by atoms with Crippen LogP contribution in [0.4, 0.5) is 0 Å². The van der Waals surface area contributed by atoms with Crippen molar-refractivity contribution in [2.24, 2.45) is 12.0 Å². The number of morpholine rings is 1. The molecule has 0 spiro atoms. The summed E-state index contributed by atoms with van der Waals surface area (Å²) < 4.78 is 7.40. The van der Waals surface area contributed by atoms with Crippen LogP contribution >= 0.6 is 0 Å². The minimum Gasteiger partial charge on any atom is -0.379 e. The largest absolute Gasteiger partial charge is 0.379 e. The summed E-state index contributed by atoms with van der Waals surface area (Å²) in [6.07, 6.45) is 3.62. The zero-order valence-electron chi connectivity index (χ0n) is 15.6. The molecule has 2 fully saturated rings. The van der Waals surface area contributed by atoms with Crippen molar-refractivity contribution in [1.82, 2.24) is 29.9 Å². The molecule has 2 saturated heterocycles. The van der Waals surface area contributed by atoms with Crippen LogP contribution in [0.15, 0.2) is 4.99 Å². The van der Waals surface area contributed by atoms with Gasteiger partial charge in [0, 0.05) is 39.8 Å². The summed E-state index contributed by atoms with van der Waals surface area (Å²) in [4.78, 5) is 9.64. The van der Waals surface area contributed by atoms with Gasteiger partial charge in [-0.1, -0.05) is 0 Å². The predicted octanol–water partition coefficient (Wildman–Crippen LogP) is 0.387. The maximum absolute atomic E-state index is 5.40. The number of nitrogens with zero attached hydrogens (tertiary/aromatic N) is 6. The molecule has 0 radical (unpaired) electrons. The normalized spacial score (nSPS) is 19.6. The lowest BCUT2D eigenvalue weighted by Gasteiger charge is -2.27. The van der Waals surface area contributed by atoms with Gasteiger partial charge in [-0.15, -0.1) is 10.2 Å². The zero-order valence-corrected chi connectivity index (χ0v) is 15.6. The lowest BCUT2D eigenvalue weighted by atomic mass is 10.3. The van der Waals surface area contributed by atoms with E-state index in [-0.39, 0.29) is 0 Å². The van der Waals surface area contributed by atoms with Crippen LogP contribution in [0, 0.1) is 6.92 Å². The van der Waals surface area contributed by atoms with Crippen LogP contribution in [0.5, 0.6) is 0 Å². The van der Waals surface area contributed by atoms with Crippen molar-refractivity contribution in [1.29, 1.82) is 0 Å². The van der Waals surface area contributed by atoms with Gasteiger partial charge < -0.3 is 19.5 Å². The summed E-state index contributed by atoms with van der Waals surface area (Å²) in [7, 11) is 1.99. The Labute approximate surface area is 150 Å². The standard InChI is InChI=1S/C17H31N7O/c1-15-20-21-16(22(15)2)14-19-17(24-8-3-4-9-24)18-6-5-7-23-10-12-25-13-11-23/h3-14H2,1-2H3,(H,18,19). The van der Waals surface area contributed by atoms with E-state index in [0.717, 1.165) is 76.5 Å². The molecule has 140 valence electrons. The number of guanidine groups is 1. The van der Waals surface area contributed by atoms with E-state index in [1.165, 1.54) is 12.8 Å². The maximum Gasteiger partial charge on any atom is 0.194 e. The average molecular weight is 349 g/mol. The molecule has 0 aliphatic carbocycles. The molecular formula is C17H31N7O. The molecular weight excluding hydrogens is 318 g/mol. The zero-order chi connectivity index (χ0) is 17.5. The van der Waals surface area contributed by atoms with E-state index in [4.69, 9.17) is 9.73 Å². The van der Waals surface area contributed by atoms with Crippen molar-refractivity contribution in [3.05, 3.63) is 11.6 Å². The monoisotopic (exact) mass is 349 g/mol. The van der Waals surface area contributed by atoms with E-state index >= 15 is 0 Å². The fourth-order valence-electron chi connectivity index (χ4n) is 3.26. The van der Waals surface area contributed by atoms with Crippen molar-refractivity contribution in [2.75, 3.05) is 52.5 Å². The highest BCUT2D eigenvalue weighted by Gasteiger charge is 2.17. The van der Waals surface area contributed by atoms with E-state index in [0.29, 0.717) is 6.54 Å². The fraction of sp³-hybridized carbons (Fsp3) is 0.824. The molecule has 8 heteroatoms. The van der Waals surface area contributed by atoms with Crippen LogP contribution in [0.3, 0.4) is 0 Å². The Morgan fingerprint density at radius 3 is 2.60 bits per heavy atom. The number of nitrogens with one attached hydrogen (secondary N) is 1. The van der Waals surface area contributed by atoms with E-state index in [1.54, 1.807) is 0 Å². The van der Waals surface area contributed by atoms with Gasteiger partial charge in [-0.3, -0.25) is 4.90 Å². The molecule has 8 nitrogen and oxygen atoms in total. The molecule has 0 atom stereocenters. The summed E-state index contributed by atoms with van der Waals surface area (Å²) in [5.41, 5.74) is 0. The summed E-state index contributed by atoms with van der Waals surface area (Å²) in [6.45, 7) is 10.6. The average Bonchev–Trinajstić information content (AvgIpc) is 3.27. The first kappa shape index (κ1) is 18.1. The lowest BCUT2D eigenvalue weighted by Crippen LogP contribution is -2.42. The van der Waals surface area contributed by atoms with E-state index in [1.807, 2.05) is 18.5 Å². The van der Waals surface area contributed by atoms with Gasteiger partial charge in [0.15, 0.2) is 11.8 Å². The number of ether oxygens (including phenoxy) is 1. The van der Waals surface area contributed by atoms with Crippen LogP contribution in [0.25, 0.3) is 0 Å². The smallest absolute Gasteiger partial charge is 0.194 e. The maximum atomic E-state index is 5.40. The van der Waals surface area contributed by atoms with Gasteiger partial charge >= 0.3 is 0 Å².